The second kappa shape index (κ2) is 3.93. The molecule has 0 aliphatic carbocycles. The molecule has 1 heterocycles. The van der Waals surface area contributed by atoms with Crippen molar-refractivity contribution in [3.05, 3.63) is 29.6 Å². The van der Waals surface area contributed by atoms with E-state index in [1.54, 1.807) is 0 Å². The van der Waals surface area contributed by atoms with Gasteiger partial charge in [-0.1, -0.05) is 0 Å². The molecule has 0 saturated carbocycles. The van der Waals surface area contributed by atoms with E-state index in [1.807, 2.05) is 0 Å². The summed E-state index contributed by atoms with van der Waals surface area (Å²) in [6.45, 7) is 0. The van der Waals surface area contributed by atoms with Crippen molar-refractivity contribution in [1.82, 2.24) is 4.98 Å². The van der Waals surface area contributed by atoms with Gasteiger partial charge in [0.25, 0.3) is 0 Å². The van der Waals surface area contributed by atoms with Crippen molar-refractivity contribution in [2.75, 3.05) is 0 Å². The van der Waals surface area contributed by atoms with Gasteiger partial charge >= 0.3 is 5.97 Å². The number of pyridine rings is 1. The molecule has 0 saturated heterocycles. The number of rotatable bonds is 3. The Balaban J connectivity index is 2.90. The molecule has 1 N–H and O–H groups in total. The average Bonchev–Trinajstić information content (AvgIpc) is 2.02. The fourth-order valence-corrected chi connectivity index (χ4v) is 1.67. The summed E-state index contributed by atoms with van der Waals surface area (Å²) in [5.74, 6) is -1.52. The lowest BCUT2D eigenvalue weighted by molar-refractivity contribution is 0.0696. The third-order valence-electron chi connectivity index (χ3n) is 1.39. The van der Waals surface area contributed by atoms with Gasteiger partial charge in [0.2, 0.25) is 9.05 Å². The third kappa shape index (κ3) is 3.31. The van der Waals surface area contributed by atoms with E-state index in [4.69, 9.17) is 15.8 Å². The molecule has 1 aromatic heterocycles. The maximum absolute atomic E-state index is 10.6. The summed E-state index contributed by atoms with van der Waals surface area (Å²) in [6, 6.07) is 2.58. The molecule has 76 valence electrons. The number of carbonyl (C=O) groups is 1. The van der Waals surface area contributed by atoms with Crippen molar-refractivity contribution in [1.29, 1.82) is 0 Å². The van der Waals surface area contributed by atoms with Crippen LogP contribution in [0.4, 0.5) is 0 Å². The second-order valence-electron chi connectivity index (χ2n) is 2.53. The van der Waals surface area contributed by atoms with Crippen molar-refractivity contribution in [2.24, 2.45) is 0 Å². The van der Waals surface area contributed by atoms with Crippen LogP contribution in [0.15, 0.2) is 18.3 Å². The Morgan fingerprint density at radius 1 is 1.50 bits per heavy atom. The van der Waals surface area contributed by atoms with Gasteiger partial charge in [0, 0.05) is 16.9 Å². The van der Waals surface area contributed by atoms with Crippen molar-refractivity contribution in [2.45, 2.75) is 5.75 Å². The van der Waals surface area contributed by atoms with E-state index in [9.17, 15) is 13.2 Å². The van der Waals surface area contributed by atoms with E-state index < -0.39 is 20.8 Å². The van der Waals surface area contributed by atoms with Crippen LogP contribution in [0.1, 0.15) is 16.1 Å². The Hall–Kier alpha value is -1.14. The number of nitrogens with zero attached hydrogens (tertiary/aromatic N) is 1. The third-order valence-corrected chi connectivity index (χ3v) is 2.36. The summed E-state index contributed by atoms with van der Waals surface area (Å²) in [5.41, 5.74) is 0.214. The largest absolute Gasteiger partial charge is 0.478 e. The monoisotopic (exact) mass is 235 g/mol. The van der Waals surface area contributed by atoms with E-state index >= 15 is 0 Å². The van der Waals surface area contributed by atoms with E-state index in [1.165, 1.54) is 12.1 Å². The zero-order chi connectivity index (χ0) is 10.8. The van der Waals surface area contributed by atoms with Crippen LogP contribution < -0.4 is 0 Å². The summed E-state index contributed by atoms with van der Waals surface area (Å²) in [7, 11) is 1.34. The van der Waals surface area contributed by atoms with E-state index in [2.05, 4.69) is 4.98 Å². The van der Waals surface area contributed by atoms with Crippen LogP contribution in [0, 0.1) is 0 Å². The highest BCUT2D eigenvalue weighted by atomic mass is 35.7. The first-order chi connectivity index (χ1) is 6.38. The number of halogens is 1. The summed E-state index contributed by atoms with van der Waals surface area (Å²) in [4.78, 5) is 14.1. The first-order valence-corrected chi connectivity index (χ1v) is 5.97. The quantitative estimate of drug-likeness (QED) is 0.785. The fourth-order valence-electron chi connectivity index (χ4n) is 0.813. The molecule has 0 aromatic carbocycles. The highest BCUT2D eigenvalue weighted by Crippen LogP contribution is 2.07. The van der Waals surface area contributed by atoms with Crippen LogP contribution >= 0.6 is 10.7 Å². The molecule has 0 radical (unpaired) electrons. The summed E-state index contributed by atoms with van der Waals surface area (Å²) >= 11 is 0. The molecule has 0 aliphatic rings. The Bertz CT molecular complexity index is 439. The molecule has 5 nitrogen and oxygen atoms in total. The van der Waals surface area contributed by atoms with Gasteiger partial charge in [-0.05, 0) is 12.1 Å². The number of carboxylic acid groups (broad SMARTS) is 1. The van der Waals surface area contributed by atoms with Gasteiger partial charge in [0.1, 0.15) is 5.75 Å². The fraction of sp³-hybridized carbons (Fsp3) is 0.143. The molecule has 7 heteroatoms. The lowest BCUT2D eigenvalue weighted by atomic mass is 10.2. The number of hydrogen-bond donors (Lipinski definition) is 1. The van der Waals surface area contributed by atoms with Crippen LogP contribution in [-0.4, -0.2) is 24.5 Å². The molecule has 0 spiro atoms. The Labute approximate surface area is 84.8 Å². The highest BCUT2D eigenvalue weighted by molar-refractivity contribution is 8.13. The zero-order valence-electron chi connectivity index (χ0n) is 6.84. The molecule has 0 atom stereocenters. The maximum atomic E-state index is 10.6. The van der Waals surface area contributed by atoms with Gasteiger partial charge in [0.05, 0.1) is 11.3 Å². The van der Waals surface area contributed by atoms with Gasteiger partial charge in [-0.15, -0.1) is 0 Å². The molecule has 14 heavy (non-hydrogen) atoms. The molecule has 0 bridgehead atoms. The van der Waals surface area contributed by atoms with E-state index in [0.29, 0.717) is 0 Å². The van der Waals surface area contributed by atoms with E-state index in [0.717, 1.165) is 6.20 Å². The minimum Gasteiger partial charge on any atom is -0.478 e. The second-order valence-corrected chi connectivity index (χ2v) is 5.30. The molecule has 1 aromatic rings. The van der Waals surface area contributed by atoms with Crippen LogP contribution in [0.5, 0.6) is 0 Å². The van der Waals surface area contributed by atoms with Crippen molar-refractivity contribution in [3.63, 3.8) is 0 Å². The lowest BCUT2D eigenvalue weighted by Gasteiger charge is -1.97. The van der Waals surface area contributed by atoms with Crippen LogP contribution in [0.2, 0.25) is 0 Å². The predicted octanol–water partition coefficient (Wildman–Crippen LogP) is 0.848. The van der Waals surface area contributed by atoms with E-state index in [-0.39, 0.29) is 11.3 Å². The number of aromatic carboxylic acids is 1. The molecule has 0 fully saturated rings. The Morgan fingerprint density at radius 3 is 2.50 bits per heavy atom. The van der Waals surface area contributed by atoms with Crippen LogP contribution in [-0.2, 0) is 14.8 Å². The smallest absolute Gasteiger partial charge is 0.337 e. The first kappa shape index (κ1) is 10.9. The van der Waals surface area contributed by atoms with Gasteiger partial charge in [0.15, 0.2) is 0 Å². The van der Waals surface area contributed by atoms with Crippen molar-refractivity contribution >= 4 is 25.7 Å². The van der Waals surface area contributed by atoms with Gasteiger partial charge in [-0.25, -0.2) is 13.2 Å². The molecule has 0 amide bonds. The minimum atomic E-state index is -3.65. The average molecular weight is 236 g/mol. The molecule has 1 rings (SSSR count). The first-order valence-electron chi connectivity index (χ1n) is 3.49. The zero-order valence-corrected chi connectivity index (χ0v) is 8.42. The van der Waals surface area contributed by atoms with Crippen molar-refractivity contribution < 1.29 is 18.3 Å². The molecular weight excluding hydrogens is 230 g/mol. The SMILES string of the molecule is O=C(O)c1ccc(CS(=O)(=O)Cl)nc1. The van der Waals surface area contributed by atoms with Crippen LogP contribution in [0.25, 0.3) is 0 Å². The van der Waals surface area contributed by atoms with Gasteiger partial charge in [-0.3, -0.25) is 4.98 Å². The predicted molar refractivity (Wildman–Crippen MR) is 49.7 cm³/mol. The maximum Gasteiger partial charge on any atom is 0.337 e. The summed E-state index contributed by atoms with van der Waals surface area (Å²) in [5, 5.41) is 8.52. The number of carboxylic acids is 1. The molecular formula is C7H6ClNO4S. The number of aromatic nitrogens is 1. The summed E-state index contributed by atoms with van der Waals surface area (Å²) < 4.78 is 21.3. The Morgan fingerprint density at radius 2 is 2.14 bits per heavy atom. The van der Waals surface area contributed by atoms with Crippen LogP contribution in [0.3, 0.4) is 0 Å². The number of hydrogen-bond acceptors (Lipinski definition) is 4. The highest BCUT2D eigenvalue weighted by Gasteiger charge is 2.09. The standard InChI is InChI=1S/C7H6ClNO4S/c8-14(12,13)4-6-2-1-5(3-9-6)7(10)11/h1-3H,4H2,(H,10,11). The van der Waals surface area contributed by atoms with Gasteiger partial charge < -0.3 is 5.11 Å². The Kier molecular flexibility index (Phi) is 3.07. The topological polar surface area (TPSA) is 84.3 Å². The lowest BCUT2D eigenvalue weighted by Crippen LogP contribution is -2.01. The van der Waals surface area contributed by atoms with Crippen molar-refractivity contribution in [3.8, 4) is 0 Å². The summed E-state index contributed by atoms with van der Waals surface area (Å²) in [6.07, 6.45) is 1.08. The minimum absolute atomic E-state index is 0.000667. The van der Waals surface area contributed by atoms with Gasteiger partial charge in [-0.2, -0.15) is 0 Å². The molecule has 0 unspecified atom stereocenters. The molecule has 0 aliphatic heterocycles. The normalized spacial score (nSPS) is 11.2.